The Bertz CT molecular complexity index is 477. The molecule has 0 fully saturated rings. The first-order valence-corrected chi connectivity index (χ1v) is 6.55. The van der Waals surface area contributed by atoms with Gasteiger partial charge in [-0.15, -0.1) is 0 Å². The van der Waals surface area contributed by atoms with Gasteiger partial charge < -0.3 is 15.6 Å². The lowest BCUT2D eigenvalue weighted by Crippen LogP contribution is -2.36. The molecule has 108 valence electrons. The van der Waals surface area contributed by atoms with Gasteiger partial charge in [-0.1, -0.05) is 26.0 Å². The van der Waals surface area contributed by atoms with Crippen LogP contribution in [0.5, 0.6) is 0 Å². The van der Waals surface area contributed by atoms with Crippen LogP contribution in [-0.4, -0.2) is 23.4 Å². The lowest BCUT2D eigenvalue weighted by molar-refractivity contribution is -0.00307. The Labute approximate surface area is 119 Å². The summed E-state index contributed by atoms with van der Waals surface area (Å²) < 4.78 is 5.00. The van der Waals surface area contributed by atoms with E-state index in [1.54, 1.807) is 24.3 Å². The molecule has 1 amide bonds. The Hall–Kier alpha value is -2.06. The van der Waals surface area contributed by atoms with Crippen LogP contribution >= 0.6 is 0 Å². The minimum absolute atomic E-state index is 0.282. The maximum Gasteiger partial charge on any atom is 0.404 e. The fourth-order valence-electron chi connectivity index (χ4n) is 1.99. The summed E-state index contributed by atoms with van der Waals surface area (Å²) in [5.41, 5.74) is 6.48. The Morgan fingerprint density at radius 3 is 2.45 bits per heavy atom. The second-order valence-corrected chi connectivity index (χ2v) is 5.19. The number of aliphatic hydroxyl groups excluding tert-OH is 1. The topological polar surface area (TPSA) is 96.3 Å². The Morgan fingerprint density at radius 2 is 2.00 bits per heavy atom. The van der Waals surface area contributed by atoms with Gasteiger partial charge in [0.2, 0.25) is 0 Å². The number of hydrogen-bond acceptors (Lipinski definition) is 4. The normalized spacial score (nSPS) is 13.6. The summed E-state index contributed by atoms with van der Waals surface area (Å²) >= 11 is 0. The van der Waals surface area contributed by atoms with Gasteiger partial charge in [0.05, 0.1) is 17.7 Å². The highest BCUT2D eigenvalue weighted by molar-refractivity contribution is 5.64. The van der Waals surface area contributed by atoms with Gasteiger partial charge in [0.15, 0.2) is 0 Å². The van der Waals surface area contributed by atoms with Crippen LogP contribution in [-0.2, 0) is 11.2 Å². The lowest BCUT2D eigenvalue weighted by atomic mass is 9.96. The zero-order valence-corrected chi connectivity index (χ0v) is 11.7. The number of aliphatic hydroxyl groups is 1. The van der Waals surface area contributed by atoms with Crippen molar-refractivity contribution in [3.05, 3.63) is 35.4 Å². The number of primary amides is 1. The van der Waals surface area contributed by atoms with Gasteiger partial charge in [-0.2, -0.15) is 5.26 Å². The van der Waals surface area contributed by atoms with Gasteiger partial charge in [-0.25, -0.2) is 4.79 Å². The number of nitrogens with two attached hydrogens (primary N) is 1. The maximum atomic E-state index is 10.9. The van der Waals surface area contributed by atoms with Crippen molar-refractivity contribution in [2.45, 2.75) is 38.9 Å². The average molecular weight is 276 g/mol. The minimum Gasteiger partial charge on any atom is -0.443 e. The van der Waals surface area contributed by atoms with Crippen molar-refractivity contribution in [2.24, 2.45) is 11.7 Å². The van der Waals surface area contributed by atoms with E-state index in [1.807, 2.05) is 19.9 Å². The van der Waals surface area contributed by atoms with Gasteiger partial charge in [0.1, 0.15) is 6.10 Å². The molecule has 0 aliphatic heterocycles. The highest BCUT2D eigenvalue weighted by atomic mass is 16.6. The predicted molar refractivity (Wildman–Crippen MR) is 74.8 cm³/mol. The SMILES string of the molecule is CC(C)C[C@H](O)[C@@H](Cc1ccc(C#N)cc1)OC(N)=O. The summed E-state index contributed by atoms with van der Waals surface area (Å²) in [6.07, 6.45) is -1.45. The predicted octanol–water partition coefficient (Wildman–Crippen LogP) is 1.97. The van der Waals surface area contributed by atoms with Gasteiger partial charge in [-0.3, -0.25) is 0 Å². The molecular formula is C15H20N2O3. The fraction of sp³-hybridized carbons (Fsp3) is 0.467. The second kappa shape index (κ2) is 7.51. The quantitative estimate of drug-likeness (QED) is 0.830. The van der Waals surface area contributed by atoms with Gasteiger partial charge in [-0.05, 0) is 30.0 Å². The molecule has 0 saturated heterocycles. The molecule has 5 nitrogen and oxygen atoms in total. The number of amides is 1. The molecule has 1 aromatic rings. The summed E-state index contributed by atoms with van der Waals surface area (Å²) in [5.74, 6) is 0.282. The average Bonchev–Trinajstić information content (AvgIpc) is 2.37. The zero-order chi connectivity index (χ0) is 15.1. The van der Waals surface area contributed by atoms with Crippen molar-refractivity contribution < 1.29 is 14.6 Å². The van der Waals surface area contributed by atoms with Crippen LogP contribution in [0.4, 0.5) is 4.79 Å². The molecule has 20 heavy (non-hydrogen) atoms. The van der Waals surface area contributed by atoms with Crippen molar-refractivity contribution in [1.29, 1.82) is 5.26 Å². The molecule has 0 saturated carbocycles. The fourth-order valence-corrected chi connectivity index (χ4v) is 1.99. The maximum absolute atomic E-state index is 10.9. The van der Waals surface area contributed by atoms with Gasteiger partial charge in [0.25, 0.3) is 0 Å². The molecule has 0 radical (unpaired) electrons. The summed E-state index contributed by atoms with van der Waals surface area (Å²) in [6.45, 7) is 3.96. The van der Waals surface area contributed by atoms with Crippen LogP contribution in [0, 0.1) is 17.2 Å². The zero-order valence-electron chi connectivity index (χ0n) is 11.7. The molecule has 2 atom stereocenters. The standard InChI is InChI=1S/C15H20N2O3/c1-10(2)7-13(18)14(20-15(17)19)8-11-3-5-12(9-16)6-4-11/h3-6,10,13-14,18H,7-8H2,1-2H3,(H2,17,19)/t13-,14+/m0/s1. The number of rotatable bonds is 6. The number of ether oxygens (including phenoxy) is 1. The third-order valence-electron chi connectivity index (χ3n) is 2.93. The largest absolute Gasteiger partial charge is 0.443 e. The third-order valence-corrected chi connectivity index (χ3v) is 2.93. The van der Waals surface area contributed by atoms with Crippen LogP contribution in [0.3, 0.4) is 0 Å². The Kier molecular flexibility index (Phi) is 6.01. The summed E-state index contributed by atoms with van der Waals surface area (Å²) in [5, 5.41) is 18.8. The van der Waals surface area contributed by atoms with E-state index >= 15 is 0 Å². The first-order valence-electron chi connectivity index (χ1n) is 6.55. The van der Waals surface area contributed by atoms with E-state index in [2.05, 4.69) is 0 Å². The van der Waals surface area contributed by atoms with Crippen LogP contribution in [0.1, 0.15) is 31.4 Å². The van der Waals surface area contributed by atoms with E-state index in [0.29, 0.717) is 18.4 Å². The van der Waals surface area contributed by atoms with E-state index in [9.17, 15) is 9.90 Å². The first kappa shape index (κ1) is 16.0. The van der Waals surface area contributed by atoms with Crippen molar-refractivity contribution in [3.63, 3.8) is 0 Å². The minimum atomic E-state index is -0.897. The molecule has 0 aromatic heterocycles. The number of nitrogens with zero attached hydrogens (tertiary/aromatic N) is 1. The van der Waals surface area contributed by atoms with E-state index < -0.39 is 18.3 Å². The van der Waals surface area contributed by atoms with Crippen LogP contribution in [0.2, 0.25) is 0 Å². The van der Waals surface area contributed by atoms with E-state index in [0.717, 1.165) is 5.56 Å². The van der Waals surface area contributed by atoms with E-state index in [1.165, 1.54) is 0 Å². The van der Waals surface area contributed by atoms with Crippen molar-refractivity contribution in [3.8, 4) is 6.07 Å². The monoisotopic (exact) mass is 276 g/mol. The van der Waals surface area contributed by atoms with Gasteiger partial charge in [0, 0.05) is 6.42 Å². The van der Waals surface area contributed by atoms with E-state index in [4.69, 9.17) is 15.7 Å². The summed E-state index contributed by atoms with van der Waals surface area (Å²) in [4.78, 5) is 10.9. The molecule has 0 spiro atoms. The molecule has 1 aromatic carbocycles. The Morgan fingerprint density at radius 1 is 1.40 bits per heavy atom. The number of benzene rings is 1. The number of carbonyl (C=O) groups excluding carboxylic acids is 1. The van der Waals surface area contributed by atoms with Crippen molar-refractivity contribution in [2.75, 3.05) is 0 Å². The Balaban J connectivity index is 2.77. The molecule has 0 bridgehead atoms. The molecular weight excluding hydrogens is 256 g/mol. The van der Waals surface area contributed by atoms with Crippen molar-refractivity contribution in [1.82, 2.24) is 0 Å². The van der Waals surface area contributed by atoms with Crippen LogP contribution < -0.4 is 5.73 Å². The number of hydrogen-bond donors (Lipinski definition) is 2. The van der Waals surface area contributed by atoms with Gasteiger partial charge >= 0.3 is 6.09 Å². The molecule has 0 aliphatic rings. The number of carbonyl (C=O) groups is 1. The van der Waals surface area contributed by atoms with Crippen molar-refractivity contribution >= 4 is 6.09 Å². The third kappa shape index (κ3) is 5.29. The summed E-state index contributed by atoms with van der Waals surface area (Å²) in [7, 11) is 0. The number of nitriles is 1. The van der Waals surface area contributed by atoms with Crippen LogP contribution in [0.15, 0.2) is 24.3 Å². The highest BCUT2D eigenvalue weighted by Crippen LogP contribution is 2.16. The smallest absolute Gasteiger partial charge is 0.404 e. The second-order valence-electron chi connectivity index (χ2n) is 5.19. The first-order chi connectivity index (χ1) is 9.42. The molecule has 1 rings (SSSR count). The molecule has 0 aliphatic carbocycles. The molecule has 0 unspecified atom stereocenters. The summed E-state index contributed by atoms with van der Waals surface area (Å²) in [6, 6.07) is 8.96. The molecule has 3 N–H and O–H groups in total. The highest BCUT2D eigenvalue weighted by Gasteiger charge is 2.23. The molecule has 0 heterocycles. The lowest BCUT2D eigenvalue weighted by Gasteiger charge is -2.23. The van der Waals surface area contributed by atoms with Crippen LogP contribution in [0.25, 0.3) is 0 Å². The van der Waals surface area contributed by atoms with E-state index in [-0.39, 0.29) is 5.92 Å². The molecule has 5 heteroatoms.